The van der Waals surface area contributed by atoms with Gasteiger partial charge in [-0.3, -0.25) is 0 Å². The van der Waals surface area contributed by atoms with Crippen LogP contribution in [0.5, 0.6) is 0 Å². The van der Waals surface area contributed by atoms with Gasteiger partial charge >= 0.3 is 0 Å². The molecular formula is C14H20ClN3S2. The average Bonchev–Trinajstić information content (AvgIpc) is 3.05. The van der Waals surface area contributed by atoms with Crippen LogP contribution in [0.2, 0.25) is 4.34 Å². The van der Waals surface area contributed by atoms with Gasteiger partial charge in [-0.1, -0.05) is 18.5 Å². The fourth-order valence-corrected chi connectivity index (χ4v) is 3.90. The zero-order chi connectivity index (χ0) is 14.5. The summed E-state index contributed by atoms with van der Waals surface area (Å²) in [6.45, 7) is 6.25. The summed E-state index contributed by atoms with van der Waals surface area (Å²) in [4.78, 5) is 9.23. The van der Waals surface area contributed by atoms with Crippen molar-refractivity contribution in [1.82, 2.24) is 10.3 Å². The molecule has 3 nitrogen and oxygen atoms in total. The number of nitrogens with zero attached hydrogens (tertiary/aromatic N) is 2. The SMILES string of the molecule is CCCNC(C)c1cnc(N(C)Cc2ccc(Cl)s2)s1. The van der Waals surface area contributed by atoms with E-state index in [1.165, 1.54) is 9.75 Å². The van der Waals surface area contributed by atoms with E-state index in [0.717, 1.165) is 29.0 Å². The lowest BCUT2D eigenvalue weighted by atomic mass is 10.3. The lowest BCUT2D eigenvalue weighted by molar-refractivity contribution is 0.577. The number of hydrogen-bond donors (Lipinski definition) is 1. The lowest BCUT2D eigenvalue weighted by Crippen LogP contribution is -2.18. The third kappa shape index (κ3) is 4.19. The van der Waals surface area contributed by atoms with Gasteiger partial charge in [0.25, 0.3) is 0 Å². The first-order valence-electron chi connectivity index (χ1n) is 6.74. The van der Waals surface area contributed by atoms with E-state index in [1.807, 2.05) is 12.3 Å². The second kappa shape index (κ2) is 7.41. The third-order valence-corrected chi connectivity index (χ3v) is 5.50. The Hall–Kier alpha value is -0.620. The number of hydrogen-bond acceptors (Lipinski definition) is 5. The normalized spacial score (nSPS) is 12.6. The summed E-state index contributed by atoms with van der Waals surface area (Å²) >= 11 is 9.34. The highest BCUT2D eigenvalue weighted by molar-refractivity contribution is 7.16. The van der Waals surface area contributed by atoms with Crippen molar-refractivity contribution in [3.8, 4) is 0 Å². The van der Waals surface area contributed by atoms with Gasteiger partial charge in [0.2, 0.25) is 0 Å². The predicted octanol–water partition coefficient (Wildman–Crippen LogP) is 4.56. The minimum atomic E-state index is 0.366. The molecule has 1 unspecified atom stereocenters. The van der Waals surface area contributed by atoms with Crippen LogP contribution in [0, 0.1) is 0 Å². The molecule has 2 heterocycles. The van der Waals surface area contributed by atoms with Crippen LogP contribution in [-0.4, -0.2) is 18.6 Å². The zero-order valence-corrected chi connectivity index (χ0v) is 14.4. The van der Waals surface area contributed by atoms with Crippen molar-refractivity contribution in [3.63, 3.8) is 0 Å². The van der Waals surface area contributed by atoms with Gasteiger partial charge in [0.05, 0.1) is 10.9 Å². The summed E-state index contributed by atoms with van der Waals surface area (Å²) in [5.74, 6) is 0. The number of anilines is 1. The Morgan fingerprint density at radius 3 is 2.85 bits per heavy atom. The maximum atomic E-state index is 5.96. The second-order valence-corrected chi connectivity index (χ2v) is 7.62. The summed E-state index contributed by atoms with van der Waals surface area (Å²) in [7, 11) is 2.07. The van der Waals surface area contributed by atoms with E-state index in [2.05, 4.69) is 42.2 Å². The molecular weight excluding hydrogens is 310 g/mol. The number of nitrogens with one attached hydrogen (secondary N) is 1. The van der Waals surface area contributed by atoms with Crippen LogP contribution in [0.3, 0.4) is 0 Å². The molecule has 2 aromatic heterocycles. The number of rotatable bonds is 7. The van der Waals surface area contributed by atoms with Gasteiger partial charge in [-0.2, -0.15) is 0 Å². The second-order valence-electron chi connectivity index (χ2n) is 4.78. The lowest BCUT2D eigenvalue weighted by Gasteiger charge is -2.14. The summed E-state index contributed by atoms with van der Waals surface area (Å²) in [5.41, 5.74) is 0. The van der Waals surface area contributed by atoms with E-state index in [9.17, 15) is 0 Å². The van der Waals surface area contributed by atoms with E-state index < -0.39 is 0 Å². The van der Waals surface area contributed by atoms with E-state index in [4.69, 9.17) is 11.6 Å². The van der Waals surface area contributed by atoms with Gasteiger partial charge < -0.3 is 10.2 Å². The smallest absolute Gasteiger partial charge is 0.185 e. The molecule has 0 radical (unpaired) electrons. The van der Waals surface area contributed by atoms with Crippen LogP contribution in [0.4, 0.5) is 5.13 Å². The minimum absolute atomic E-state index is 0.366. The molecule has 0 aliphatic rings. The molecule has 2 aromatic rings. The predicted molar refractivity (Wildman–Crippen MR) is 90.3 cm³/mol. The molecule has 0 fully saturated rings. The van der Waals surface area contributed by atoms with E-state index in [0.29, 0.717) is 6.04 Å². The molecule has 1 atom stereocenters. The Labute approximate surface area is 133 Å². The van der Waals surface area contributed by atoms with E-state index in [1.54, 1.807) is 22.7 Å². The Bertz CT molecular complexity index is 538. The molecule has 20 heavy (non-hydrogen) atoms. The van der Waals surface area contributed by atoms with Crippen LogP contribution in [0.25, 0.3) is 0 Å². The molecule has 0 aliphatic heterocycles. The molecule has 0 bridgehead atoms. The van der Waals surface area contributed by atoms with Crippen molar-refractivity contribution in [2.24, 2.45) is 0 Å². The van der Waals surface area contributed by atoms with Gasteiger partial charge in [-0.15, -0.1) is 22.7 Å². The maximum absolute atomic E-state index is 5.96. The largest absolute Gasteiger partial charge is 0.346 e. The Morgan fingerprint density at radius 1 is 1.40 bits per heavy atom. The number of halogens is 1. The van der Waals surface area contributed by atoms with Crippen molar-refractivity contribution in [1.29, 1.82) is 0 Å². The van der Waals surface area contributed by atoms with Crippen molar-refractivity contribution >= 4 is 39.4 Å². The molecule has 0 saturated heterocycles. The Balaban J connectivity index is 1.97. The Morgan fingerprint density at radius 2 is 2.20 bits per heavy atom. The fourth-order valence-electron chi connectivity index (χ4n) is 1.85. The molecule has 0 spiro atoms. The fraction of sp³-hybridized carbons (Fsp3) is 0.500. The highest BCUT2D eigenvalue weighted by Gasteiger charge is 2.12. The standard InChI is InChI=1S/C14H20ClN3S2/c1-4-7-16-10(2)12-8-17-14(20-12)18(3)9-11-5-6-13(15)19-11/h5-6,8,10,16H,4,7,9H2,1-3H3. The van der Waals surface area contributed by atoms with Crippen molar-refractivity contribution < 1.29 is 0 Å². The van der Waals surface area contributed by atoms with Crippen molar-refractivity contribution in [2.45, 2.75) is 32.9 Å². The Kier molecular flexibility index (Phi) is 5.84. The first-order chi connectivity index (χ1) is 9.60. The monoisotopic (exact) mass is 329 g/mol. The summed E-state index contributed by atoms with van der Waals surface area (Å²) in [6.07, 6.45) is 3.13. The molecule has 110 valence electrons. The summed E-state index contributed by atoms with van der Waals surface area (Å²) in [6, 6.07) is 4.38. The van der Waals surface area contributed by atoms with Crippen LogP contribution < -0.4 is 10.2 Å². The van der Waals surface area contributed by atoms with Crippen LogP contribution in [0.1, 0.15) is 36.1 Å². The molecule has 0 saturated carbocycles. The molecule has 0 aromatic carbocycles. The van der Waals surface area contributed by atoms with Crippen LogP contribution in [0.15, 0.2) is 18.3 Å². The summed E-state index contributed by atoms with van der Waals surface area (Å²) < 4.78 is 0.839. The summed E-state index contributed by atoms with van der Waals surface area (Å²) in [5, 5.41) is 4.54. The van der Waals surface area contributed by atoms with E-state index >= 15 is 0 Å². The first kappa shape index (κ1) is 15.8. The molecule has 2 rings (SSSR count). The zero-order valence-electron chi connectivity index (χ0n) is 12.0. The van der Waals surface area contributed by atoms with Gasteiger partial charge in [0, 0.05) is 29.0 Å². The van der Waals surface area contributed by atoms with Crippen molar-refractivity contribution in [3.05, 3.63) is 32.4 Å². The van der Waals surface area contributed by atoms with Gasteiger partial charge in [-0.05, 0) is 32.0 Å². The highest BCUT2D eigenvalue weighted by Crippen LogP contribution is 2.29. The van der Waals surface area contributed by atoms with Gasteiger partial charge in [-0.25, -0.2) is 4.98 Å². The minimum Gasteiger partial charge on any atom is -0.346 e. The number of aromatic nitrogens is 1. The van der Waals surface area contributed by atoms with E-state index in [-0.39, 0.29) is 0 Å². The number of thiophene rings is 1. The van der Waals surface area contributed by atoms with Crippen LogP contribution >= 0.6 is 34.3 Å². The average molecular weight is 330 g/mol. The number of thiazole rings is 1. The first-order valence-corrected chi connectivity index (χ1v) is 8.75. The third-order valence-electron chi connectivity index (χ3n) is 2.99. The quantitative estimate of drug-likeness (QED) is 0.807. The molecule has 6 heteroatoms. The molecule has 0 aliphatic carbocycles. The molecule has 0 amide bonds. The molecule has 1 N–H and O–H groups in total. The van der Waals surface area contributed by atoms with Crippen LogP contribution in [-0.2, 0) is 6.54 Å². The highest BCUT2D eigenvalue weighted by atomic mass is 35.5. The van der Waals surface area contributed by atoms with Crippen molar-refractivity contribution in [2.75, 3.05) is 18.5 Å². The van der Waals surface area contributed by atoms with Gasteiger partial charge in [0.15, 0.2) is 5.13 Å². The maximum Gasteiger partial charge on any atom is 0.185 e. The topological polar surface area (TPSA) is 28.2 Å². The van der Waals surface area contributed by atoms with Gasteiger partial charge in [0.1, 0.15) is 0 Å².